The van der Waals surface area contributed by atoms with E-state index < -0.39 is 11.9 Å². The van der Waals surface area contributed by atoms with Crippen molar-refractivity contribution in [1.82, 2.24) is 15.0 Å². The fraction of sp³-hybridized carbons (Fsp3) is 0.444. The molecule has 0 atom stereocenters. The third-order valence-electron chi connectivity index (χ3n) is 4.96. The number of esters is 2. The number of hydrogen-bond donors (Lipinski definition) is 0. The molecular formula is C18H23N3O4. The number of rotatable bonds is 4. The minimum absolute atomic E-state index is 0.0102. The number of ether oxygens (including phenoxy) is 2. The van der Waals surface area contributed by atoms with Crippen LogP contribution < -0.4 is 0 Å². The molecule has 0 bridgehead atoms. The van der Waals surface area contributed by atoms with E-state index in [0.29, 0.717) is 6.54 Å². The zero-order valence-corrected chi connectivity index (χ0v) is 15.7. The van der Waals surface area contributed by atoms with Crippen molar-refractivity contribution in [3.8, 4) is 0 Å². The second-order valence-electron chi connectivity index (χ2n) is 6.03. The molecule has 0 amide bonds. The fourth-order valence-electron chi connectivity index (χ4n) is 2.92. The molecule has 7 heteroatoms. The lowest BCUT2D eigenvalue weighted by molar-refractivity contribution is 0.0544. The highest BCUT2D eigenvalue weighted by molar-refractivity contribution is 6.00. The van der Waals surface area contributed by atoms with Gasteiger partial charge in [0.05, 0.1) is 20.8 Å². The van der Waals surface area contributed by atoms with Gasteiger partial charge < -0.3 is 9.47 Å². The molecule has 1 aromatic carbocycles. The summed E-state index contributed by atoms with van der Waals surface area (Å²) in [7, 11) is 2.47. The number of benzene rings is 1. The lowest BCUT2D eigenvalue weighted by atomic mass is 9.89. The Bertz CT molecular complexity index is 823. The summed E-state index contributed by atoms with van der Waals surface area (Å²) in [5, 5.41) is 7.79. The largest absolute Gasteiger partial charge is 0.464 e. The van der Waals surface area contributed by atoms with Crippen molar-refractivity contribution in [1.29, 1.82) is 0 Å². The van der Waals surface area contributed by atoms with E-state index >= 15 is 0 Å². The van der Waals surface area contributed by atoms with Gasteiger partial charge in [-0.2, -0.15) is 0 Å². The first-order valence-electron chi connectivity index (χ1n) is 7.90. The number of nitrogens with zero attached hydrogens (tertiary/aromatic N) is 3. The maximum absolute atomic E-state index is 12.2. The molecule has 7 nitrogen and oxygen atoms in total. The molecule has 1 aromatic heterocycles. The summed E-state index contributed by atoms with van der Waals surface area (Å²) in [4.78, 5) is 24.0. The summed E-state index contributed by atoms with van der Waals surface area (Å²) in [5.74, 6) is -1.40. The molecule has 2 rings (SSSR count). The molecule has 134 valence electrons. The quantitative estimate of drug-likeness (QED) is 0.792. The van der Waals surface area contributed by atoms with Crippen molar-refractivity contribution in [2.75, 3.05) is 14.2 Å². The number of methoxy groups -OCH3 is 2. The van der Waals surface area contributed by atoms with Crippen LogP contribution in [0.15, 0.2) is 0 Å². The van der Waals surface area contributed by atoms with Crippen molar-refractivity contribution in [3.05, 3.63) is 44.8 Å². The molecule has 0 radical (unpaired) electrons. The van der Waals surface area contributed by atoms with Crippen LogP contribution in [0.3, 0.4) is 0 Å². The number of carbonyl (C=O) groups is 2. The van der Waals surface area contributed by atoms with Crippen LogP contribution in [0.2, 0.25) is 0 Å². The second kappa shape index (κ2) is 7.04. The summed E-state index contributed by atoms with van der Waals surface area (Å²) >= 11 is 0. The third-order valence-corrected chi connectivity index (χ3v) is 4.96. The highest BCUT2D eigenvalue weighted by Gasteiger charge is 2.27. The van der Waals surface area contributed by atoms with E-state index in [-0.39, 0.29) is 11.4 Å². The molecule has 0 aliphatic carbocycles. The first-order chi connectivity index (χ1) is 11.7. The minimum Gasteiger partial charge on any atom is -0.464 e. The highest BCUT2D eigenvalue weighted by atomic mass is 16.5. The first-order valence-corrected chi connectivity index (χ1v) is 7.90. The maximum Gasteiger partial charge on any atom is 0.361 e. The zero-order chi connectivity index (χ0) is 18.9. The van der Waals surface area contributed by atoms with E-state index in [1.54, 1.807) is 0 Å². The standard InChI is InChI=1S/C18H23N3O4/c1-9-10(2)12(4)14(13(5)11(9)3)8-21-16(18(23)25-7)15(19-20-21)17(22)24-6/h8H2,1-7H3. The van der Waals surface area contributed by atoms with Crippen LogP contribution in [0, 0.1) is 34.6 Å². The van der Waals surface area contributed by atoms with Crippen molar-refractivity contribution in [3.63, 3.8) is 0 Å². The average Bonchev–Trinajstić information content (AvgIpc) is 3.04. The molecule has 0 fully saturated rings. The number of carbonyl (C=O) groups excluding carboxylic acids is 2. The predicted octanol–water partition coefficient (Wildman–Crippen LogP) is 2.44. The van der Waals surface area contributed by atoms with E-state index in [4.69, 9.17) is 4.74 Å². The Morgan fingerprint density at radius 3 is 1.80 bits per heavy atom. The Labute approximate surface area is 146 Å². The zero-order valence-electron chi connectivity index (χ0n) is 15.7. The summed E-state index contributed by atoms with van der Waals surface area (Å²) in [5.41, 5.74) is 6.80. The molecular weight excluding hydrogens is 322 g/mol. The Balaban J connectivity index is 2.61. The molecule has 1 heterocycles. The van der Waals surface area contributed by atoms with E-state index in [2.05, 4.69) is 35.8 Å². The summed E-state index contributed by atoms with van der Waals surface area (Å²) in [6.45, 7) is 10.6. The molecule has 0 N–H and O–H groups in total. The van der Waals surface area contributed by atoms with Gasteiger partial charge in [-0.1, -0.05) is 5.21 Å². The molecule has 0 saturated heterocycles. The second-order valence-corrected chi connectivity index (χ2v) is 6.03. The lowest BCUT2D eigenvalue weighted by Gasteiger charge is -2.19. The van der Waals surface area contributed by atoms with Gasteiger partial charge in [-0.25, -0.2) is 14.3 Å². The normalized spacial score (nSPS) is 10.7. The average molecular weight is 345 g/mol. The highest BCUT2D eigenvalue weighted by Crippen LogP contribution is 2.27. The maximum atomic E-state index is 12.2. The Hall–Kier alpha value is -2.70. The predicted molar refractivity (Wildman–Crippen MR) is 91.9 cm³/mol. The molecule has 25 heavy (non-hydrogen) atoms. The van der Waals surface area contributed by atoms with Gasteiger partial charge in [0.2, 0.25) is 5.69 Å². The van der Waals surface area contributed by atoms with Crippen molar-refractivity contribution >= 4 is 11.9 Å². The summed E-state index contributed by atoms with van der Waals surface area (Å²) < 4.78 is 10.9. The molecule has 2 aromatic rings. The number of hydrogen-bond acceptors (Lipinski definition) is 6. The SMILES string of the molecule is COC(=O)c1nnn(Cc2c(C)c(C)c(C)c(C)c2C)c1C(=O)OC. The van der Waals surface area contributed by atoms with E-state index in [0.717, 1.165) is 16.7 Å². The van der Waals surface area contributed by atoms with Crippen molar-refractivity contribution in [2.45, 2.75) is 41.2 Å². The molecule has 0 saturated carbocycles. The van der Waals surface area contributed by atoms with Crippen LogP contribution in [0.25, 0.3) is 0 Å². The smallest absolute Gasteiger partial charge is 0.361 e. The van der Waals surface area contributed by atoms with Crippen molar-refractivity contribution < 1.29 is 19.1 Å². The Morgan fingerprint density at radius 1 is 0.840 bits per heavy atom. The Kier molecular flexibility index (Phi) is 5.25. The van der Waals surface area contributed by atoms with Crippen LogP contribution in [-0.2, 0) is 16.0 Å². The van der Waals surface area contributed by atoms with Crippen LogP contribution in [-0.4, -0.2) is 41.2 Å². The van der Waals surface area contributed by atoms with Gasteiger partial charge in [0.15, 0.2) is 5.69 Å². The number of aromatic nitrogens is 3. The Morgan fingerprint density at radius 2 is 1.32 bits per heavy atom. The van der Waals surface area contributed by atoms with Gasteiger partial charge in [0.1, 0.15) is 0 Å². The van der Waals surface area contributed by atoms with Gasteiger partial charge in [-0.3, -0.25) is 0 Å². The lowest BCUT2D eigenvalue weighted by Crippen LogP contribution is -2.18. The van der Waals surface area contributed by atoms with Gasteiger partial charge in [0, 0.05) is 0 Å². The minimum atomic E-state index is -0.726. The third kappa shape index (κ3) is 3.14. The monoisotopic (exact) mass is 345 g/mol. The topological polar surface area (TPSA) is 83.3 Å². The van der Waals surface area contributed by atoms with E-state index in [1.165, 1.54) is 35.6 Å². The molecule has 0 spiro atoms. The van der Waals surface area contributed by atoms with Gasteiger partial charge in [-0.05, 0) is 68.0 Å². The van der Waals surface area contributed by atoms with Gasteiger partial charge in [-0.15, -0.1) is 5.10 Å². The van der Waals surface area contributed by atoms with Crippen LogP contribution >= 0.6 is 0 Å². The van der Waals surface area contributed by atoms with Crippen LogP contribution in [0.1, 0.15) is 54.4 Å². The molecule has 0 aliphatic rings. The first kappa shape index (κ1) is 18.6. The van der Waals surface area contributed by atoms with Crippen molar-refractivity contribution in [2.24, 2.45) is 0 Å². The molecule has 0 unspecified atom stereocenters. The van der Waals surface area contributed by atoms with E-state index in [1.807, 2.05) is 13.8 Å². The van der Waals surface area contributed by atoms with Gasteiger partial charge >= 0.3 is 11.9 Å². The molecule has 0 aliphatic heterocycles. The van der Waals surface area contributed by atoms with Crippen LogP contribution in [0.4, 0.5) is 0 Å². The summed E-state index contributed by atoms with van der Waals surface area (Å²) in [6.07, 6.45) is 0. The van der Waals surface area contributed by atoms with Gasteiger partial charge in [0.25, 0.3) is 0 Å². The van der Waals surface area contributed by atoms with E-state index in [9.17, 15) is 9.59 Å². The fourth-order valence-corrected chi connectivity index (χ4v) is 2.92. The summed E-state index contributed by atoms with van der Waals surface area (Å²) in [6, 6.07) is 0. The van der Waals surface area contributed by atoms with Crippen LogP contribution in [0.5, 0.6) is 0 Å².